The third kappa shape index (κ3) is 7.15. The van der Waals surface area contributed by atoms with E-state index in [2.05, 4.69) is 9.80 Å². The van der Waals surface area contributed by atoms with Crippen molar-refractivity contribution in [2.75, 3.05) is 69.9 Å². The number of rotatable bonds is 8. The lowest BCUT2D eigenvalue weighted by atomic mass is 9.91. The number of sulfonamides is 1. The van der Waals surface area contributed by atoms with E-state index in [4.69, 9.17) is 27.9 Å². The van der Waals surface area contributed by atoms with Gasteiger partial charge in [-0.15, -0.1) is 0 Å². The molecule has 4 aromatic rings. The Kier molecular flexibility index (Phi) is 10.2. The van der Waals surface area contributed by atoms with Gasteiger partial charge >= 0.3 is 0 Å². The molecule has 0 saturated carbocycles. The van der Waals surface area contributed by atoms with E-state index in [0.717, 1.165) is 0 Å². The standard InChI is InChI=1S/C37H36Cl2N6O5S/c38-29-8-4-27(5-9-29)34-32(24-41-12-14-42(15-13-41)25-33(46)43-18-20-50-21-19-43)37(47)44-16-17-45(36(44)35(34)28-6-10-30(39)11-7-28)51(48,49)31-3-1-2-26(22-31)23-40/h1-11,22H,12-21,24-25H2. The van der Waals surface area contributed by atoms with Crippen molar-refractivity contribution in [1.29, 1.82) is 5.26 Å². The molecule has 0 unspecified atom stereocenters. The number of benzene rings is 3. The minimum Gasteiger partial charge on any atom is -0.378 e. The van der Waals surface area contributed by atoms with Crippen molar-refractivity contribution in [1.82, 2.24) is 19.3 Å². The molecular formula is C37H36Cl2N6O5S. The van der Waals surface area contributed by atoms with Crippen LogP contribution in [0.3, 0.4) is 0 Å². The van der Waals surface area contributed by atoms with Gasteiger partial charge in [-0.3, -0.25) is 24.0 Å². The minimum atomic E-state index is -4.19. The molecule has 0 N–H and O–H groups in total. The third-order valence-corrected chi connectivity index (χ3v) is 12.0. The lowest BCUT2D eigenvalue weighted by Crippen LogP contribution is -2.51. The molecule has 1 amide bonds. The molecule has 11 nitrogen and oxygen atoms in total. The molecule has 0 bridgehead atoms. The number of amides is 1. The number of hydrogen-bond acceptors (Lipinski definition) is 8. The second-order valence-corrected chi connectivity index (χ2v) is 15.5. The van der Waals surface area contributed by atoms with Gasteiger partial charge in [0.1, 0.15) is 5.82 Å². The fourth-order valence-corrected chi connectivity index (χ4v) is 8.79. The Morgan fingerprint density at radius 2 is 1.39 bits per heavy atom. The lowest BCUT2D eigenvalue weighted by Gasteiger charge is -2.36. The van der Waals surface area contributed by atoms with Crippen molar-refractivity contribution in [3.63, 3.8) is 0 Å². The maximum absolute atomic E-state index is 14.7. The van der Waals surface area contributed by atoms with Gasteiger partial charge in [0.25, 0.3) is 15.6 Å². The zero-order valence-electron chi connectivity index (χ0n) is 27.8. The van der Waals surface area contributed by atoms with Crippen LogP contribution in [0.1, 0.15) is 11.1 Å². The molecule has 1 aromatic heterocycles. The summed E-state index contributed by atoms with van der Waals surface area (Å²) in [6.45, 7) is 5.79. The Bertz CT molecular complexity index is 2160. The van der Waals surface area contributed by atoms with Gasteiger partial charge in [0, 0.05) is 79.1 Å². The fraction of sp³-hybridized carbons (Fsp3) is 0.324. The van der Waals surface area contributed by atoms with Crippen LogP contribution in [-0.2, 0) is 32.6 Å². The van der Waals surface area contributed by atoms with Gasteiger partial charge in [-0.2, -0.15) is 5.26 Å². The number of ether oxygens (including phenoxy) is 1. The van der Waals surface area contributed by atoms with Crippen LogP contribution in [0.15, 0.2) is 82.5 Å². The van der Waals surface area contributed by atoms with E-state index >= 15 is 0 Å². The summed E-state index contributed by atoms with van der Waals surface area (Å²) in [7, 11) is -4.19. The average molecular weight is 748 g/mol. The summed E-state index contributed by atoms with van der Waals surface area (Å²) >= 11 is 12.7. The Balaban J connectivity index is 1.31. The first-order valence-corrected chi connectivity index (χ1v) is 19.0. The predicted molar refractivity (Wildman–Crippen MR) is 196 cm³/mol. The number of pyridine rings is 1. The van der Waals surface area contributed by atoms with Crippen LogP contribution in [0.2, 0.25) is 10.0 Å². The van der Waals surface area contributed by atoms with E-state index in [1.54, 1.807) is 34.9 Å². The number of fused-ring (bicyclic) bond motifs is 1. The third-order valence-electron chi connectivity index (χ3n) is 9.68. The molecule has 264 valence electrons. The molecular weight excluding hydrogens is 711 g/mol. The molecule has 3 aromatic carbocycles. The molecule has 2 fully saturated rings. The van der Waals surface area contributed by atoms with Crippen LogP contribution in [0.5, 0.6) is 0 Å². The monoisotopic (exact) mass is 746 g/mol. The van der Waals surface area contributed by atoms with Crippen LogP contribution in [0.25, 0.3) is 22.3 Å². The number of nitrogens with zero attached hydrogens (tertiary/aromatic N) is 6. The van der Waals surface area contributed by atoms with Crippen molar-refractivity contribution in [3.05, 3.63) is 104 Å². The molecule has 3 aliphatic rings. The molecule has 0 radical (unpaired) electrons. The second-order valence-electron chi connectivity index (χ2n) is 12.8. The summed E-state index contributed by atoms with van der Waals surface area (Å²) in [4.78, 5) is 33.8. The Hall–Kier alpha value is -4.22. The van der Waals surface area contributed by atoms with E-state index in [-0.39, 0.29) is 40.8 Å². The van der Waals surface area contributed by atoms with Crippen LogP contribution in [-0.4, -0.2) is 99.2 Å². The SMILES string of the molecule is N#Cc1cccc(S(=O)(=O)N2CCn3c2c(-c2ccc(Cl)cc2)c(-c2ccc(Cl)cc2)c(CN2CCN(CC(=O)N4CCOCC4)CC2)c3=O)c1. The number of anilines is 1. The van der Waals surface area contributed by atoms with Gasteiger partial charge in [-0.05, 0) is 53.6 Å². The molecule has 3 aliphatic heterocycles. The molecule has 0 aliphatic carbocycles. The summed E-state index contributed by atoms with van der Waals surface area (Å²) in [6, 6.07) is 22.2. The number of carbonyl (C=O) groups is 1. The van der Waals surface area contributed by atoms with Gasteiger partial charge in [0.05, 0.1) is 42.8 Å². The Morgan fingerprint density at radius 1 is 0.784 bits per heavy atom. The smallest absolute Gasteiger partial charge is 0.265 e. The maximum atomic E-state index is 14.7. The second kappa shape index (κ2) is 14.8. The number of halogens is 2. The zero-order valence-corrected chi connectivity index (χ0v) is 30.1. The zero-order chi connectivity index (χ0) is 35.7. The van der Waals surface area contributed by atoms with E-state index in [1.165, 1.54) is 22.5 Å². The van der Waals surface area contributed by atoms with Crippen molar-refractivity contribution < 1.29 is 17.9 Å². The molecule has 0 spiro atoms. The highest BCUT2D eigenvalue weighted by molar-refractivity contribution is 7.92. The summed E-state index contributed by atoms with van der Waals surface area (Å²) in [5.41, 5.74) is 3.07. The van der Waals surface area contributed by atoms with Gasteiger partial charge in [0.15, 0.2) is 0 Å². The van der Waals surface area contributed by atoms with E-state index in [1.807, 2.05) is 35.2 Å². The Morgan fingerprint density at radius 3 is 2.02 bits per heavy atom. The topological polar surface area (TPSA) is 119 Å². The summed E-state index contributed by atoms with van der Waals surface area (Å²) in [6.07, 6.45) is 0. The highest BCUT2D eigenvalue weighted by Crippen LogP contribution is 2.44. The number of carbonyl (C=O) groups excluding carboxylic acids is 1. The minimum absolute atomic E-state index is 0.0356. The van der Waals surface area contributed by atoms with E-state index in [9.17, 15) is 23.3 Å². The number of aromatic nitrogens is 1. The molecule has 4 heterocycles. The maximum Gasteiger partial charge on any atom is 0.265 e. The Labute approximate surface area is 306 Å². The van der Waals surface area contributed by atoms with Crippen molar-refractivity contribution in [2.45, 2.75) is 18.0 Å². The van der Waals surface area contributed by atoms with Gasteiger partial charge in [-0.25, -0.2) is 12.7 Å². The lowest BCUT2D eigenvalue weighted by molar-refractivity contribution is -0.136. The largest absolute Gasteiger partial charge is 0.378 e. The molecule has 7 rings (SSSR count). The normalized spacial score (nSPS) is 17.0. The molecule has 14 heteroatoms. The van der Waals surface area contributed by atoms with Crippen LogP contribution in [0, 0.1) is 11.3 Å². The molecule has 0 atom stereocenters. The predicted octanol–water partition coefficient (Wildman–Crippen LogP) is 4.55. The molecule has 51 heavy (non-hydrogen) atoms. The molecule has 2 saturated heterocycles. The van der Waals surface area contributed by atoms with Crippen LogP contribution < -0.4 is 9.86 Å². The first-order valence-electron chi connectivity index (χ1n) is 16.8. The van der Waals surface area contributed by atoms with Gasteiger partial charge in [-0.1, -0.05) is 53.5 Å². The average Bonchev–Trinajstić information content (AvgIpc) is 3.61. The highest BCUT2D eigenvalue weighted by Gasteiger charge is 2.38. The summed E-state index contributed by atoms with van der Waals surface area (Å²) in [5, 5.41) is 10.5. The number of nitriles is 1. The van der Waals surface area contributed by atoms with Crippen LogP contribution in [0.4, 0.5) is 5.82 Å². The van der Waals surface area contributed by atoms with Crippen molar-refractivity contribution >= 4 is 45.0 Å². The van der Waals surface area contributed by atoms with Crippen molar-refractivity contribution in [3.8, 4) is 28.3 Å². The fourth-order valence-electron chi connectivity index (χ4n) is 7.02. The quantitative estimate of drug-likeness (QED) is 0.258. The first kappa shape index (κ1) is 35.2. The van der Waals surface area contributed by atoms with E-state index in [0.29, 0.717) is 103 Å². The number of hydrogen-bond donors (Lipinski definition) is 0. The number of morpholine rings is 1. The summed E-state index contributed by atoms with van der Waals surface area (Å²) in [5.74, 6) is 0.352. The highest BCUT2D eigenvalue weighted by atomic mass is 35.5. The summed E-state index contributed by atoms with van der Waals surface area (Å²) < 4.78 is 36.9. The van der Waals surface area contributed by atoms with Crippen molar-refractivity contribution in [2.24, 2.45) is 0 Å². The van der Waals surface area contributed by atoms with Crippen LogP contribution >= 0.6 is 23.2 Å². The van der Waals surface area contributed by atoms with E-state index < -0.39 is 10.0 Å². The first-order chi connectivity index (χ1) is 24.6. The van der Waals surface area contributed by atoms with Gasteiger partial charge < -0.3 is 9.64 Å². The van der Waals surface area contributed by atoms with Gasteiger partial charge in [0.2, 0.25) is 5.91 Å². The number of piperazine rings is 1.